The predicted molar refractivity (Wildman–Crippen MR) is 119 cm³/mol. The summed E-state index contributed by atoms with van der Waals surface area (Å²) in [5.41, 5.74) is 6.44. The topological polar surface area (TPSA) is 35.8 Å². The van der Waals surface area contributed by atoms with E-state index in [0.29, 0.717) is 11.5 Å². The van der Waals surface area contributed by atoms with Crippen LogP contribution in [-0.4, -0.2) is 24.5 Å². The van der Waals surface area contributed by atoms with E-state index in [1.807, 2.05) is 24.3 Å². The lowest BCUT2D eigenvalue weighted by molar-refractivity contribution is 0.355. The number of benzene rings is 3. The maximum atomic E-state index is 5.55. The molecule has 0 spiro atoms. The molecule has 1 aromatic heterocycles. The van der Waals surface area contributed by atoms with Gasteiger partial charge in [-0.2, -0.15) is 0 Å². The number of aliphatic imine (C=N–C) groups is 1. The standard InChI is InChI=1S/C26H22N2O2/c1-29-23-15-14-19(17-24(23)30-2)26-22-13-8-16-28(22)21-12-7-6-11-20(21)25(27-26)18-9-4-3-5-10-18/h3-17,25H,1-2H3. The van der Waals surface area contributed by atoms with Gasteiger partial charge in [0, 0.05) is 17.3 Å². The molecule has 0 bridgehead atoms. The molecule has 4 heteroatoms. The number of ether oxygens (including phenoxy) is 2. The van der Waals surface area contributed by atoms with E-state index in [9.17, 15) is 0 Å². The van der Waals surface area contributed by atoms with E-state index in [-0.39, 0.29) is 6.04 Å². The molecule has 0 saturated carbocycles. The van der Waals surface area contributed by atoms with Crippen molar-refractivity contribution < 1.29 is 9.47 Å². The van der Waals surface area contributed by atoms with Gasteiger partial charge in [0.05, 0.1) is 31.3 Å². The highest BCUT2D eigenvalue weighted by Crippen LogP contribution is 2.37. The maximum Gasteiger partial charge on any atom is 0.161 e. The van der Waals surface area contributed by atoms with Crippen LogP contribution < -0.4 is 9.47 Å². The fraction of sp³-hybridized carbons (Fsp3) is 0.115. The lowest BCUT2D eigenvalue weighted by Crippen LogP contribution is -2.09. The highest BCUT2D eigenvalue weighted by Gasteiger charge is 2.25. The Morgan fingerprint density at radius 3 is 2.33 bits per heavy atom. The summed E-state index contributed by atoms with van der Waals surface area (Å²) >= 11 is 0. The second-order valence-electron chi connectivity index (χ2n) is 7.18. The van der Waals surface area contributed by atoms with Crippen molar-refractivity contribution in [2.24, 2.45) is 4.99 Å². The van der Waals surface area contributed by atoms with Crippen LogP contribution in [-0.2, 0) is 0 Å². The predicted octanol–water partition coefficient (Wildman–Crippen LogP) is 5.43. The summed E-state index contributed by atoms with van der Waals surface area (Å²) in [7, 11) is 3.30. The average Bonchev–Trinajstić information content (AvgIpc) is 3.24. The van der Waals surface area contributed by atoms with Crippen LogP contribution in [0.2, 0.25) is 0 Å². The van der Waals surface area contributed by atoms with Gasteiger partial charge in [0.15, 0.2) is 11.5 Å². The Balaban J connectivity index is 1.77. The van der Waals surface area contributed by atoms with Gasteiger partial charge in [0.2, 0.25) is 0 Å². The third kappa shape index (κ3) is 2.98. The molecule has 0 fully saturated rings. The summed E-state index contributed by atoms with van der Waals surface area (Å²) in [5.74, 6) is 1.39. The van der Waals surface area contributed by atoms with Gasteiger partial charge in [-0.3, -0.25) is 4.99 Å². The van der Waals surface area contributed by atoms with Gasteiger partial charge in [-0.1, -0.05) is 48.5 Å². The van der Waals surface area contributed by atoms with Gasteiger partial charge >= 0.3 is 0 Å². The number of para-hydroxylation sites is 1. The Morgan fingerprint density at radius 1 is 0.767 bits per heavy atom. The Kier molecular flexibility index (Phi) is 4.60. The van der Waals surface area contributed by atoms with E-state index in [0.717, 1.165) is 28.2 Å². The molecule has 0 N–H and O–H groups in total. The normalized spacial score (nSPS) is 14.9. The van der Waals surface area contributed by atoms with E-state index in [1.165, 1.54) is 5.56 Å². The Bertz CT molecular complexity index is 1220. The van der Waals surface area contributed by atoms with Crippen molar-refractivity contribution in [2.75, 3.05) is 14.2 Å². The van der Waals surface area contributed by atoms with Crippen molar-refractivity contribution in [2.45, 2.75) is 6.04 Å². The van der Waals surface area contributed by atoms with Crippen LogP contribution in [0, 0.1) is 0 Å². The fourth-order valence-corrected chi connectivity index (χ4v) is 4.08. The molecule has 148 valence electrons. The van der Waals surface area contributed by atoms with E-state index in [2.05, 4.69) is 71.4 Å². The van der Waals surface area contributed by atoms with Crippen molar-refractivity contribution in [3.05, 3.63) is 114 Å². The van der Waals surface area contributed by atoms with Crippen molar-refractivity contribution in [1.29, 1.82) is 0 Å². The number of hydrogen-bond acceptors (Lipinski definition) is 3. The third-order valence-electron chi connectivity index (χ3n) is 5.51. The van der Waals surface area contributed by atoms with Crippen molar-refractivity contribution in [1.82, 2.24) is 4.57 Å². The fourth-order valence-electron chi connectivity index (χ4n) is 4.08. The van der Waals surface area contributed by atoms with E-state index in [4.69, 9.17) is 14.5 Å². The van der Waals surface area contributed by atoms with Gasteiger partial charge in [-0.05, 0) is 42.0 Å². The van der Waals surface area contributed by atoms with Gasteiger partial charge in [0.25, 0.3) is 0 Å². The monoisotopic (exact) mass is 394 g/mol. The van der Waals surface area contributed by atoms with E-state index >= 15 is 0 Å². The molecule has 1 aliphatic heterocycles. The van der Waals surface area contributed by atoms with Gasteiger partial charge in [0.1, 0.15) is 6.04 Å². The second-order valence-corrected chi connectivity index (χ2v) is 7.18. The van der Waals surface area contributed by atoms with Crippen LogP contribution in [0.15, 0.2) is 96.1 Å². The molecule has 3 aromatic carbocycles. The van der Waals surface area contributed by atoms with Crippen molar-refractivity contribution in [3.63, 3.8) is 0 Å². The molecule has 0 aliphatic carbocycles. The molecule has 0 amide bonds. The SMILES string of the molecule is COc1ccc(C2=NC(c3ccccc3)c3ccccc3-n3cccc32)cc1OC. The van der Waals surface area contributed by atoms with Crippen LogP contribution in [0.3, 0.4) is 0 Å². The summed E-state index contributed by atoms with van der Waals surface area (Å²) in [5, 5.41) is 0. The minimum atomic E-state index is -0.106. The average molecular weight is 394 g/mol. The first-order valence-electron chi connectivity index (χ1n) is 9.92. The Morgan fingerprint density at radius 2 is 1.53 bits per heavy atom. The number of aromatic nitrogens is 1. The second kappa shape index (κ2) is 7.56. The molecule has 0 radical (unpaired) electrons. The zero-order valence-corrected chi connectivity index (χ0v) is 16.9. The molecule has 5 rings (SSSR count). The lowest BCUT2D eigenvalue weighted by atomic mass is 9.97. The minimum absolute atomic E-state index is 0.106. The maximum absolute atomic E-state index is 5.55. The molecule has 4 nitrogen and oxygen atoms in total. The highest BCUT2D eigenvalue weighted by molar-refractivity contribution is 6.13. The first-order valence-corrected chi connectivity index (χ1v) is 9.92. The number of fused-ring (bicyclic) bond motifs is 3. The first kappa shape index (κ1) is 18.3. The smallest absolute Gasteiger partial charge is 0.161 e. The number of methoxy groups -OCH3 is 2. The summed E-state index contributed by atoms with van der Waals surface area (Å²) in [6.45, 7) is 0. The molecular weight excluding hydrogens is 372 g/mol. The van der Waals surface area contributed by atoms with Crippen molar-refractivity contribution >= 4 is 5.71 Å². The zero-order chi connectivity index (χ0) is 20.5. The van der Waals surface area contributed by atoms with E-state index < -0.39 is 0 Å². The molecule has 0 saturated heterocycles. The summed E-state index contributed by atoms with van der Waals surface area (Å²) in [6.07, 6.45) is 2.10. The number of nitrogens with zero attached hydrogens (tertiary/aromatic N) is 2. The largest absolute Gasteiger partial charge is 0.493 e. The lowest BCUT2D eigenvalue weighted by Gasteiger charge is -2.16. The van der Waals surface area contributed by atoms with Gasteiger partial charge in [-0.15, -0.1) is 0 Å². The van der Waals surface area contributed by atoms with Crippen LogP contribution in [0.25, 0.3) is 5.69 Å². The van der Waals surface area contributed by atoms with E-state index in [1.54, 1.807) is 14.2 Å². The van der Waals surface area contributed by atoms with Crippen LogP contribution in [0.5, 0.6) is 11.5 Å². The zero-order valence-electron chi connectivity index (χ0n) is 16.9. The van der Waals surface area contributed by atoms with Crippen LogP contribution in [0.4, 0.5) is 0 Å². The molecular formula is C26H22N2O2. The first-order chi connectivity index (χ1) is 14.8. The van der Waals surface area contributed by atoms with Crippen molar-refractivity contribution in [3.8, 4) is 17.2 Å². The molecule has 30 heavy (non-hydrogen) atoms. The summed E-state index contributed by atoms with van der Waals surface area (Å²) in [4.78, 5) is 5.30. The quantitative estimate of drug-likeness (QED) is 0.462. The molecule has 1 atom stereocenters. The van der Waals surface area contributed by atoms with Gasteiger partial charge < -0.3 is 14.0 Å². The summed E-state index contributed by atoms with van der Waals surface area (Å²) < 4.78 is 13.2. The Hall–Kier alpha value is -3.79. The highest BCUT2D eigenvalue weighted by atomic mass is 16.5. The molecule has 1 aliphatic rings. The molecule has 4 aromatic rings. The minimum Gasteiger partial charge on any atom is -0.493 e. The van der Waals surface area contributed by atoms with Crippen LogP contribution >= 0.6 is 0 Å². The number of rotatable bonds is 4. The van der Waals surface area contributed by atoms with Crippen LogP contribution in [0.1, 0.15) is 28.4 Å². The van der Waals surface area contributed by atoms with Gasteiger partial charge in [-0.25, -0.2) is 0 Å². The molecule has 2 heterocycles. The summed E-state index contributed by atoms with van der Waals surface area (Å²) in [6, 6.07) is 28.9. The molecule has 1 unspecified atom stereocenters. The third-order valence-corrected chi connectivity index (χ3v) is 5.51. The number of hydrogen-bond donors (Lipinski definition) is 0. The Labute approximate surface area is 176 Å².